The Labute approximate surface area is 201 Å². The first-order valence-electron chi connectivity index (χ1n) is 12.0. The van der Waals surface area contributed by atoms with Gasteiger partial charge < -0.3 is 9.80 Å². The Hall–Kier alpha value is -3.73. The van der Waals surface area contributed by atoms with Crippen LogP contribution in [0.3, 0.4) is 0 Å². The van der Waals surface area contributed by atoms with Gasteiger partial charge in [0.1, 0.15) is 5.82 Å². The molecule has 0 spiro atoms. The summed E-state index contributed by atoms with van der Waals surface area (Å²) in [5.41, 5.74) is 4.01. The van der Waals surface area contributed by atoms with Gasteiger partial charge in [0.05, 0.1) is 0 Å². The Morgan fingerprint density at radius 3 is 2.24 bits per heavy atom. The Bertz CT molecular complexity index is 1320. The summed E-state index contributed by atoms with van der Waals surface area (Å²) in [6.45, 7) is 9.30. The highest BCUT2D eigenvalue weighted by Crippen LogP contribution is 2.31. The number of amides is 1. The Balaban J connectivity index is 1.41. The molecule has 5 heteroatoms. The maximum absolute atomic E-state index is 13.4. The quantitative estimate of drug-likeness (QED) is 0.401. The van der Waals surface area contributed by atoms with Crippen LogP contribution in [0.15, 0.2) is 72.8 Å². The van der Waals surface area contributed by atoms with E-state index in [9.17, 15) is 4.79 Å². The minimum atomic E-state index is 0.101. The molecule has 34 heavy (non-hydrogen) atoms. The molecule has 0 saturated carbocycles. The fourth-order valence-electron chi connectivity index (χ4n) is 4.90. The molecule has 1 aliphatic heterocycles. The van der Waals surface area contributed by atoms with Gasteiger partial charge in [-0.1, -0.05) is 80.6 Å². The second kappa shape index (κ2) is 9.26. The molecule has 2 heterocycles. The van der Waals surface area contributed by atoms with Crippen molar-refractivity contribution in [2.75, 3.05) is 31.1 Å². The molecule has 3 aromatic carbocycles. The first-order chi connectivity index (χ1) is 16.5. The largest absolute Gasteiger partial charge is 0.353 e. The number of hydrogen-bond acceptors (Lipinski definition) is 4. The number of carbonyl (C=O) groups excluding carboxylic acids is 1. The van der Waals surface area contributed by atoms with Crippen LogP contribution in [-0.4, -0.2) is 47.0 Å². The molecule has 0 radical (unpaired) electrons. The fraction of sp³-hybridized carbons (Fsp3) is 0.276. The zero-order valence-corrected chi connectivity index (χ0v) is 20.0. The van der Waals surface area contributed by atoms with Crippen LogP contribution in [0.25, 0.3) is 22.2 Å². The SMILES string of the molecule is Cc1nc(-c2ccccc2)nc(N2CCN(C(=O)c3cccc4ccccc34)CC2)c1C(C)C. The highest BCUT2D eigenvalue weighted by molar-refractivity contribution is 6.07. The van der Waals surface area contributed by atoms with Gasteiger partial charge in [-0.25, -0.2) is 9.97 Å². The Kier molecular flexibility index (Phi) is 6.01. The van der Waals surface area contributed by atoms with Gasteiger partial charge in [-0.3, -0.25) is 4.79 Å². The van der Waals surface area contributed by atoms with Crippen molar-refractivity contribution in [3.05, 3.63) is 89.6 Å². The minimum Gasteiger partial charge on any atom is -0.353 e. The molecule has 1 aromatic heterocycles. The first kappa shape index (κ1) is 22.1. The average Bonchev–Trinajstić information content (AvgIpc) is 2.88. The number of fused-ring (bicyclic) bond motifs is 1. The first-order valence-corrected chi connectivity index (χ1v) is 12.0. The fourth-order valence-corrected chi connectivity index (χ4v) is 4.90. The monoisotopic (exact) mass is 450 g/mol. The lowest BCUT2D eigenvalue weighted by atomic mass is 10.0. The summed E-state index contributed by atoms with van der Waals surface area (Å²) in [7, 11) is 0. The molecule has 0 unspecified atom stereocenters. The Morgan fingerprint density at radius 2 is 1.50 bits per heavy atom. The van der Waals surface area contributed by atoms with E-state index in [1.807, 2.05) is 65.6 Å². The lowest BCUT2D eigenvalue weighted by Crippen LogP contribution is -2.49. The molecular formula is C29H30N4O. The second-order valence-electron chi connectivity index (χ2n) is 9.20. The number of carbonyl (C=O) groups is 1. The third-order valence-electron chi connectivity index (χ3n) is 6.61. The maximum atomic E-state index is 13.4. The molecule has 5 rings (SSSR count). The van der Waals surface area contributed by atoms with E-state index in [0.29, 0.717) is 19.0 Å². The van der Waals surface area contributed by atoms with Gasteiger partial charge in [-0.2, -0.15) is 0 Å². The van der Waals surface area contributed by atoms with Crippen molar-refractivity contribution < 1.29 is 4.79 Å². The summed E-state index contributed by atoms with van der Waals surface area (Å²) < 4.78 is 0. The van der Waals surface area contributed by atoms with Crippen LogP contribution in [0, 0.1) is 6.92 Å². The standard InChI is InChI=1S/C29H30N4O/c1-20(2)26-21(3)30-27(23-11-5-4-6-12-23)31-28(26)32-16-18-33(19-17-32)29(34)25-15-9-13-22-10-7-8-14-24(22)25/h4-15,20H,16-19H2,1-3H3. The second-order valence-corrected chi connectivity index (χ2v) is 9.20. The maximum Gasteiger partial charge on any atom is 0.254 e. The summed E-state index contributed by atoms with van der Waals surface area (Å²) in [6.07, 6.45) is 0. The summed E-state index contributed by atoms with van der Waals surface area (Å²) >= 11 is 0. The van der Waals surface area contributed by atoms with Crippen molar-refractivity contribution in [2.45, 2.75) is 26.7 Å². The molecule has 0 N–H and O–H groups in total. The normalized spacial score (nSPS) is 14.1. The lowest BCUT2D eigenvalue weighted by molar-refractivity contribution is 0.0748. The number of rotatable bonds is 4. The molecule has 0 aliphatic carbocycles. The van der Waals surface area contributed by atoms with E-state index in [1.54, 1.807) is 0 Å². The molecule has 0 bridgehead atoms. The van der Waals surface area contributed by atoms with Crippen molar-refractivity contribution >= 4 is 22.5 Å². The van der Waals surface area contributed by atoms with Gasteiger partial charge in [-0.15, -0.1) is 0 Å². The lowest BCUT2D eigenvalue weighted by Gasteiger charge is -2.37. The minimum absolute atomic E-state index is 0.101. The molecule has 4 aromatic rings. The molecule has 1 amide bonds. The van der Waals surface area contributed by atoms with Gasteiger partial charge in [0.15, 0.2) is 5.82 Å². The van der Waals surface area contributed by atoms with Gasteiger partial charge in [0, 0.05) is 48.6 Å². The number of benzene rings is 3. The van der Waals surface area contributed by atoms with Crippen LogP contribution in [0.1, 0.15) is 41.4 Å². The van der Waals surface area contributed by atoms with Crippen molar-refractivity contribution in [1.82, 2.24) is 14.9 Å². The van der Waals surface area contributed by atoms with Crippen LogP contribution >= 0.6 is 0 Å². The van der Waals surface area contributed by atoms with Crippen LogP contribution in [-0.2, 0) is 0 Å². The van der Waals surface area contributed by atoms with Crippen molar-refractivity contribution in [1.29, 1.82) is 0 Å². The van der Waals surface area contributed by atoms with Gasteiger partial charge in [0.25, 0.3) is 5.91 Å². The predicted molar refractivity (Wildman–Crippen MR) is 138 cm³/mol. The number of aryl methyl sites for hydroxylation is 1. The van der Waals surface area contributed by atoms with Gasteiger partial charge in [0.2, 0.25) is 0 Å². The topological polar surface area (TPSA) is 49.3 Å². The van der Waals surface area contributed by atoms with E-state index in [1.165, 1.54) is 5.56 Å². The van der Waals surface area contributed by atoms with E-state index in [4.69, 9.17) is 9.97 Å². The molecular weight excluding hydrogens is 420 g/mol. The van der Waals surface area contributed by atoms with E-state index < -0.39 is 0 Å². The summed E-state index contributed by atoms with van der Waals surface area (Å²) in [6, 6.07) is 24.2. The molecule has 1 aliphatic rings. The zero-order valence-electron chi connectivity index (χ0n) is 20.0. The van der Waals surface area contributed by atoms with Crippen LogP contribution in [0.2, 0.25) is 0 Å². The number of anilines is 1. The molecule has 0 atom stereocenters. The van der Waals surface area contributed by atoms with Crippen molar-refractivity contribution in [2.24, 2.45) is 0 Å². The third kappa shape index (κ3) is 4.14. The van der Waals surface area contributed by atoms with E-state index in [2.05, 4.69) is 37.8 Å². The number of hydrogen-bond donors (Lipinski definition) is 0. The van der Waals surface area contributed by atoms with Crippen LogP contribution < -0.4 is 4.90 Å². The van der Waals surface area contributed by atoms with E-state index in [-0.39, 0.29) is 5.91 Å². The highest BCUT2D eigenvalue weighted by Gasteiger charge is 2.27. The third-order valence-corrected chi connectivity index (χ3v) is 6.61. The van der Waals surface area contributed by atoms with E-state index >= 15 is 0 Å². The molecule has 172 valence electrons. The van der Waals surface area contributed by atoms with Crippen molar-refractivity contribution in [3.8, 4) is 11.4 Å². The smallest absolute Gasteiger partial charge is 0.254 e. The van der Waals surface area contributed by atoms with E-state index in [0.717, 1.165) is 52.3 Å². The average molecular weight is 451 g/mol. The predicted octanol–water partition coefficient (Wildman–Crippen LogP) is 5.69. The summed E-state index contributed by atoms with van der Waals surface area (Å²) in [4.78, 5) is 27.6. The molecule has 1 fully saturated rings. The van der Waals surface area contributed by atoms with Crippen LogP contribution in [0.4, 0.5) is 5.82 Å². The number of piperazine rings is 1. The number of aromatic nitrogens is 2. The van der Waals surface area contributed by atoms with Crippen LogP contribution in [0.5, 0.6) is 0 Å². The Morgan fingerprint density at radius 1 is 0.824 bits per heavy atom. The molecule has 5 nitrogen and oxygen atoms in total. The van der Waals surface area contributed by atoms with Gasteiger partial charge >= 0.3 is 0 Å². The van der Waals surface area contributed by atoms with Crippen molar-refractivity contribution in [3.63, 3.8) is 0 Å². The zero-order chi connectivity index (χ0) is 23.7. The summed E-state index contributed by atoms with van der Waals surface area (Å²) in [5, 5.41) is 2.11. The highest BCUT2D eigenvalue weighted by atomic mass is 16.2. The summed E-state index contributed by atoms with van der Waals surface area (Å²) in [5.74, 6) is 2.17. The van der Waals surface area contributed by atoms with Gasteiger partial charge in [-0.05, 0) is 29.7 Å². The molecule has 1 saturated heterocycles. The number of nitrogens with zero attached hydrogens (tertiary/aromatic N) is 4.